The summed E-state index contributed by atoms with van der Waals surface area (Å²) in [6.45, 7) is 2.98. The Morgan fingerprint density at radius 3 is 2.87 bits per heavy atom. The molecule has 2 rings (SSSR count). The highest BCUT2D eigenvalue weighted by molar-refractivity contribution is 5.20. The molecule has 3 N–H and O–H groups in total. The Labute approximate surface area is 89.3 Å². The first-order chi connectivity index (χ1) is 7.22. The second-order valence-electron chi connectivity index (χ2n) is 4.26. The summed E-state index contributed by atoms with van der Waals surface area (Å²) < 4.78 is 1.91. The Morgan fingerprint density at radius 1 is 1.60 bits per heavy atom. The van der Waals surface area contributed by atoms with E-state index in [-0.39, 0.29) is 6.10 Å². The van der Waals surface area contributed by atoms with Crippen molar-refractivity contribution >= 4 is 0 Å². The van der Waals surface area contributed by atoms with Gasteiger partial charge in [0.05, 0.1) is 17.5 Å². The van der Waals surface area contributed by atoms with E-state index in [4.69, 9.17) is 5.73 Å². The van der Waals surface area contributed by atoms with Crippen LogP contribution < -0.4 is 5.73 Å². The van der Waals surface area contributed by atoms with E-state index in [1.54, 1.807) is 6.92 Å². The molecule has 0 bridgehead atoms. The van der Waals surface area contributed by atoms with E-state index in [1.165, 1.54) is 18.5 Å². The van der Waals surface area contributed by atoms with E-state index in [0.717, 1.165) is 12.2 Å². The SMILES string of the molecule is CC(O)CCn1nnc(CN)c1C1CC1. The van der Waals surface area contributed by atoms with Crippen molar-refractivity contribution in [2.75, 3.05) is 0 Å². The molecule has 0 saturated heterocycles. The molecular weight excluding hydrogens is 192 g/mol. The molecule has 0 spiro atoms. The van der Waals surface area contributed by atoms with Gasteiger partial charge < -0.3 is 10.8 Å². The van der Waals surface area contributed by atoms with Gasteiger partial charge in [0.2, 0.25) is 0 Å². The first kappa shape index (κ1) is 10.6. The van der Waals surface area contributed by atoms with Gasteiger partial charge in [-0.3, -0.25) is 0 Å². The average molecular weight is 210 g/mol. The van der Waals surface area contributed by atoms with Gasteiger partial charge in [0.25, 0.3) is 0 Å². The smallest absolute Gasteiger partial charge is 0.0997 e. The zero-order valence-corrected chi connectivity index (χ0v) is 9.06. The molecule has 84 valence electrons. The Morgan fingerprint density at radius 2 is 2.33 bits per heavy atom. The molecule has 1 aromatic heterocycles. The number of hydrogen-bond acceptors (Lipinski definition) is 4. The summed E-state index contributed by atoms with van der Waals surface area (Å²) in [6, 6.07) is 0. The zero-order valence-electron chi connectivity index (χ0n) is 9.06. The lowest BCUT2D eigenvalue weighted by molar-refractivity contribution is 0.175. The highest BCUT2D eigenvalue weighted by atomic mass is 16.3. The van der Waals surface area contributed by atoms with Crippen LogP contribution in [0.2, 0.25) is 0 Å². The van der Waals surface area contributed by atoms with Gasteiger partial charge in [0.1, 0.15) is 0 Å². The van der Waals surface area contributed by atoms with Gasteiger partial charge in [-0.15, -0.1) is 5.10 Å². The van der Waals surface area contributed by atoms with Crippen molar-refractivity contribution in [1.82, 2.24) is 15.0 Å². The van der Waals surface area contributed by atoms with Crippen molar-refractivity contribution < 1.29 is 5.11 Å². The van der Waals surface area contributed by atoms with Crippen LogP contribution in [0.3, 0.4) is 0 Å². The number of aliphatic hydroxyl groups excluding tert-OH is 1. The van der Waals surface area contributed by atoms with Crippen LogP contribution in [-0.4, -0.2) is 26.2 Å². The Kier molecular flexibility index (Phi) is 3.02. The maximum atomic E-state index is 9.24. The highest BCUT2D eigenvalue weighted by Gasteiger charge is 2.30. The molecular formula is C10H18N4O. The standard InChI is InChI=1S/C10H18N4O/c1-7(15)4-5-14-10(8-2-3-8)9(6-11)12-13-14/h7-8,15H,2-6,11H2,1H3. The first-order valence-corrected chi connectivity index (χ1v) is 5.52. The molecule has 1 fully saturated rings. The van der Waals surface area contributed by atoms with E-state index in [0.29, 0.717) is 18.9 Å². The van der Waals surface area contributed by atoms with Gasteiger partial charge in [0, 0.05) is 19.0 Å². The first-order valence-electron chi connectivity index (χ1n) is 5.52. The summed E-state index contributed by atoms with van der Waals surface area (Å²) in [5, 5.41) is 17.4. The maximum absolute atomic E-state index is 9.24. The summed E-state index contributed by atoms with van der Waals surface area (Å²) in [7, 11) is 0. The van der Waals surface area contributed by atoms with Gasteiger partial charge in [-0.1, -0.05) is 5.21 Å². The van der Waals surface area contributed by atoms with Crippen LogP contribution in [0.4, 0.5) is 0 Å². The molecule has 5 heteroatoms. The lowest BCUT2D eigenvalue weighted by Gasteiger charge is -2.07. The fourth-order valence-electron chi connectivity index (χ4n) is 1.78. The predicted molar refractivity (Wildman–Crippen MR) is 56.2 cm³/mol. The summed E-state index contributed by atoms with van der Waals surface area (Å²) in [6.07, 6.45) is 2.86. The minimum Gasteiger partial charge on any atom is -0.393 e. The van der Waals surface area contributed by atoms with E-state index >= 15 is 0 Å². The second-order valence-corrected chi connectivity index (χ2v) is 4.26. The number of hydrogen-bond donors (Lipinski definition) is 2. The number of nitrogens with zero attached hydrogens (tertiary/aromatic N) is 3. The molecule has 0 aliphatic heterocycles. The molecule has 0 aromatic carbocycles. The number of aliphatic hydroxyl groups is 1. The Hall–Kier alpha value is -0.940. The van der Waals surface area contributed by atoms with Crippen LogP contribution in [0.25, 0.3) is 0 Å². The molecule has 1 unspecified atom stereocenters. The van der Waals surface area contributed by atoms with Gasteiger partial charge in [-0.05, 0) is 26.2 Å². The Bertz CT molecular complexity index is 330. The average Bonchev–Trinajstić information content (AvgIpc) is 2.96. The summed E-state index contributed by atoms with van der Waals surface area (Å²) in [5.74, 6) is 0.604. The molecule has 1 aliphatic carbocycles. The molecule has 0 amide bonds. The Balaban J connectivity index is 2.11. The van der Waals surface area contributed by atoms with Crippen molar-refractivity contribution in [1.29, 1.82) is 0 Å². The zero-order chi connectivity index (χ0) is 10.8. The number of rotatable bonds is 5. The molecule has 1 aromatic rings. The van der Waals surface area contributed by atoms with Crippen molar-refractivity contribution in [3.05, 3.63) is 11.4 Å². The van der Waals surface area contributed by atoms with Crippen molar-refractivity contribution in [3.8, 4) is 0 Å². The molecule has 15 heavy (non-hydrogen) atoms. The van der Waals surface area contributed by atoms with E-state index < -0.39 is 0 Å². The lowest BCUT2D eigenvalue weighted by atomic mass is 10.2. The molecule has 1 atom stereocenters. The number of aromatic nitrogens is 3. The van der Waals surface area contributed by atoms with Crippen LogP contribution in [0.5, 0.6) is 0 Å². The maximum Gasteiger partial charge on any atom is 0.0997 e. The molecule has 5 nitrogen and oxygen atoms in total. The number of nitrogens with two attached hydrogens (primary N) is 1. The summed E-state index contributed by atoms with van der Waals surface area (Å²) >= 11 is 0. The van der Waals surface area contributed by atoms with Gasteiger partial charge in [-0.25, -0.2) is 4.68 Å². The fraction of sp³-hybridized carbons (Fsp3) is 0.800. The quantitative estimate of drug-likeness (QED) is 0.736. The normalized spacial score (nSPS) is 18.1. The minimum atomic E-state index is -0.289. The minimum absolute atomic E-state index is 0.289. The van der Waals surface area contributed by atoms with Gasteiger partial charge >= 0.3 is 0 Å². The van der Waals surface area contributed by atoms with E-state index in [9.17, 15) is 5.11 Å². The second kappa shape index (κ2) is 4.28. The molecule has 1 heterocycles. The lowest BCUT2D eigenvalue weighted by Crippen LogP contribution is -2.11. The fourth-order valence-corrected chi connectivity index (χ4v) is 1.78. The monoisotopic (exact) mass is 210 g/mol. The van der Waals surface area contributed by atoms with Gasteiger partial charge in [-0.2, -0.15) is 0 Å². The van der Waals surface area contributed by atoms with Crippen LogP contribution in [0.15, 0.2) is 0 Å². The topological polar surface area (TPSA) is 77.0 Å². The molecule has 1 saturated carbocycles. The van der Waals surface area contributed by atoms with Crippen LogP contribution in [-0.2, 0) is 13.1 Å². The summed E-state index contributed by atoms with van der Waals surface area (Å²) in [4.78, 5) is 0. The summed E-state index contributed by atoms with van der Waals surface area (Å²) in [5.41, 5.74) is 7.73. The third kappa shape index (κ3) is 2.35. The number of aryl methyl sites for hydroxylation is 1. The van der Waals surface area contributed by atoms with Crippen LogP contribution in [0.1, 0.15) is 43.5 Å². The van der Waals surface area contributed by atoms with Crippen molar-refractivity contribution in [3.63, 3.8) is 0 Å². The van der Waals surface area contributed by atoms with Crippen molar-refractivity contribution in [2.45, 2.75) is 51.3 Å². The van der Waals surface area contributed by atoms with E-state index in [1.807, 2.05) is 4.68 Å². The van der Waals surface area contributed by atoms with E-state index in [2.05, 4.69) is 10.3 Å². The molecule has 0 radical (unpaired) electrons. The predicted octanol–water partition coefficient (Wildman–Crippen LogP) is 0.385. The third-order valence-corrected chi connectivity index (χ3v) is 2.76. The molecule has 1 aliphatic rings. The van der Waals surface area contributed by atoms with Crippen LogP contribution >= 0.6 is 0 Å². The third-order valence-electron chi connectivity index (χ3n) is 2.76. The highest BCUT2D eigenvalue weighted by Crippen LogP contribution is 2.41. The largest absolute Gasteiger partial charge is 0.393 e. The van der Waals surface area contributed by atoms with Crippen LogP contribution in [0, 0.1) is 0 Å². The van der Waals surface area contributed by atoms with Crippen molar-refractivity contribution in [2.24, 2.45) is 5.73 Å². The van der Waals surface area contributed by atoms with Gasteiger partial charge in [0.15, 0.2) is 0 Å².